The zero-order valence-electron chi connectivity index (χ0n) is 13.1. The number of carbonyl (C=O) groups is 1. The van der Waals surface area contributed by atoms with Crippen molar-refractivity contribution in [1.29, 1.82) is 0 Å². The second kappa shape index (κ2) is 9.80. The number of halogens is 2. The van der Waals surface area contributed by atoms with Gasteiger partial charge in [-0.25, -0.2) is 4.39 Å². The summed E-state index contributed by atoms with van der Waals surface area (Å²) in [5.41, 5.74) is 1.05. The third-order valence-electron chi connectivity index (χ3n) is 4.28. The van der Waals surface area contributed by atoms with Crippen LogP contribution >= 0.6 is 12.4 Å². The number of carbonyl (C=O) groups excluding carboxylic acids is 1. The number of piperidine rings is 1. The van der Waals surface area contributed by atoms with Crippen LogP contribution in [0.3, 0.4) is 0 Å². The van der Waals surface area contributed by atoms with Crippen molar-refractivity contribution in [2.45, 2.75) is 38.5 Å². The number of hydrogen-bond donors (Lipinski definition) is 2. The zero-order valence-corrected chi connectivity index (χ0v) is 13.9. The van der Waals surface area contributed by atoms with E-state index in [2.05, 4.69) is 10.6 Å². The lowest BCUT2D eigenvalue weighted by Gasteiger charge is -2.22. The Morgan fingerprint density at radius 1 is 1.32 bits per heavy atom. The molecule has 5 heteroatoms. The van der Waals surface area contributed by atoms with Crippen LogP contribution in [0, 0.1) is 11.7 Å². The van der Waals surface area contributed by atoms with E-state index in [1.807, 2.05) is 6.92 Å². The lowest BCUT2D eigenvalue weighted by Crippen LogP contribution is -2.30. The Morgan fingerprint density at radius 3 is 2.59 bits per heavy atom. The van der Waals surface area contributed by atoms with Gasteiger partial charge in [0.1, 0.15) is 5.82 Å². The number of benzene rings is 1. The molecule has 0 aliphatic carbocycles. The summed E-state index contributed by atoms with van der Waals surface area (Å²) in [6, 6.07) is 6.48. The first-order valence-corrected chi connectivity index (χ1v) is 7.88. The molecule has 0 aromatic heterocycles. The normalized spacial score (nSPS) is 16.6. The van der Waals surface area contributed by atoms with E-state index in [4.69, 9.17) is 0 Å². The molecule has 124 valence electrons. The Kier molecular flexibility index (Phi) is 8.43. The number of amides is 1. The maximum atomic E-state index is 12.9. The first-order chi connectivity index (χ1) is 10.1. The third-order valence-corrected chi connectivity index (χ3v) is 4.28. The molecule has 1 aliphatic rings. The molecule has 0 spiro atoms. The molecule has 1 aromatic rings. The van der Waals surface area contributed by atoms with Crippen molar-refractivity contribution in [3.05, 3.63) is 35.6 Å². The van der Waals surface area contributed by atoms with Gasteiger partial charge in [-0.3, -0.25) is 4.79 Å². The highest BCUT2D eigenvalue weighted by atomic mass is 35.5. The zero-order chi connectivity index (χ0) is 15.1. The molecular formula is C17H26ClFN2O. The van der Waals surface area contributed by atoms with E-state index in [1.54, 1.807) is 12.1 Å². The van der Waals surface area contributed by atoms with E-state index in [9.17, 15) is 9.18 Å². The first kappa shape index (κ1) is 18.9. The van der Waals surface area contributed by atoms with Crippen molar-refractivity contribution in [3.63, 3.8) is 0 Å². The van der Waals surface area contributed by atoms with Gasteiger partial charge in [0.2, 0.25) is 5.91 Å². The fourth-order valence-corrected chi connectivity index (χ4v) is 2.77. The van der Waals surface area contributed by atoms with Gasteiger partial charge in [0.15, 0.2) is 0 Å². The second-order valence-electron chi connectivity index (χ2n) is 5.99. The maximum Gasteiger partial charge on any atom is 0.220 e. The summed E-state index contributed by atoms with van der Waals surface area (Å²) in [6.45, 7) is 4.80. The van der Waals surface area contributed by atoms with Crippen molar-refractivity contribution >= 4 is 18.3 Å². The van der Waals surface area contributed by atoms with Gasteiger partial charge < -0.3 is 10.6 Å². The van der Waals surface area contributed by atoms with Crippen molar-refractivity contribution in [2.75, 3.05) is 19.6 Å². The fraction of sp³-hybridized carbons (Fsp3) is 0.588. The summed E-state index contributed by atoms with van der Waals surface area (Å²) in [5.74, 6) is 0.791. The lowest BCUT2D eigenvalue weighted by atomic mass is 9.93. The van der Waals surface area contributed by atoms with Crippen LogP contribution in [0.15, 0.2) is 24.3 Å². The van der Waals surface area contributed by atoms with Gasteiger partial charge in [-0.15, -0.1) is 12.4 Å². The van der Waals surface area contributed by atoms with Crippen LogP contribution in [0.1, 0.15) is 44.1 Å². The summed E-state index contributed by atoms with van der Waals surface area (Å²) in [7, 11) is 0. The number of hydrogen-bond acceptors (Lipinski definition) is 2. The Balaban J connectivity index is 0.00000242. The predicted octanol–water partition coefficient (Wildman–Crippen LogP) is 3.25. The molecule has 1 unspecified atom stereocenters. The van der Waals surface area contributed by atoms with Gasteiger partial charge in [0, 0.05) is 13.0 Å². The highest BCUT2D eigenvalue weighted by Gasteiger charge is 2.15. The molecule has 0 bridgehead atoms. The van der Waals surface area contributed by atoms with Gasteiger partial charge >= 0.3 is 0 Å². The average molecular weight is 329 g/mol. The Bertz CT molecular complexity index is 446. The molecule has 1 fully saturated rings. The minimum Gasteiger partial charge on any atom is -0.356 e. The molecule has 0 saturated carbocycles. The van der Waals surface area contributed by atoms with Crippen LogP contribution in [0.25, 0.3) is 0 Å². The fourth-order valence-electron chi connectivity index (χ4n) is 2.77. The molecule has 22 heavy (non-hydrogen) atoms. The molecule has 1 aliphatic heterocycles. The van der Waals surface area contributed by atoms with Crippen LogP contribution in [0.2, 0.25) is 0 Å². The summed E-state index contributed by atoms with van der Waals surface area (Å²) < 4.78 is 12.9. The lowest BCUT2D eigenvalue weighted by molar-refractivity contribution is -0.121. The second-order valence-corrected chi connectivity index (χ2v) is 5.99. The van der Waals surface area contributed by atoms with Crippen molar-refractivity contribution in [1.82, 2.24) is 10.6 Å². The Morgan fingerprint density at radius 2 is 1.95 bits per heavy atom. The summed E-state index contributed by atoms with van der Waals surface area (Å²) in [6.07, 6.45) is 3.96. The summed E-state index contributed by atoms with van der Waals surface area (Å²) in [5, 5.41) is 6.32. The minimum atomic E-state index is -0.225. The molecule has 1 saturated heterocycles. The predicted molar refractivity (Wildman–Crippen MR) is 89.9 cm³/mol. The van der Waals surface area contributed by atoms with E-state index < -0.39 is 0 Å². The van der Waals surface area contributed by atoms with Crippen molar-refractivity contribution in [2.24, 2.45) is 5.92 Å². The molecule has 0 radical (unpaired) electrons. The highest BCUT2D eigenvalue weighted by molar-refractivity contribution is 5.85. The minimum absolute atomic E-state index is 0. The average Bonchev–Trinajstić information content (AvgIpc) is 2.52. The molecular weight excluding hydrogens is 303 g/mol. The van der Waals surface area contributed by atoms with Crippen LogP contribution in [-0.2, 0) is 4.79 Å². The van der Waals surface area contributed by atoms with E-state index in [0.717, 1.165) is 25.1 Å². The van der Waals surface area contributed by atoms with Crippen LogP contribution in [0.5, 0.6) is 0 Å². The van der Waals surface area contributed by atoms with E-state index >= 15 is 0 Å². The Labute approximate surface area is 138 Å². The summed E-state index contributed by atoms with van der Waals surface area (Å²) in [4.78, 5) is 11.9. The largest absolute Gasteiger partial charge is 0.356 e. The van der Waals surface area contributed by atoms with Crippen molar-refractivity contribution < 1.29 is 9.18 Å². The van der Waals surface area contributed by atoms with Gasteiger partial charge in [-0.05, 0) is 61.9 Å². The molecule has 2 N–H and O–H groups in total. The Hall–Kier alpha value is -1.13. The summed E-state index contributed by atoms with van der Waals surface area (Å²) >= 11 is 0. The number of nitrogens with one attached hydrogen (secondary N) is 2. The van der Waals surface area contributed by atoms with Gasteiger partial charge in [-0.1, -0.05) is 19.1 Å². The SMILES string of the molecule is CC(CNC(=O)CCC1CCNCC1)c1ccc(F)cc1.Cl. The monoisotopic (exact) mass is 328 g/mol. The van der Waals surface area contributed by atoms with E-state index in [1.165, 1.54) is 25.0 Å². The van der Waals surface area contributed by atoms with E-state index in [-0.39, 0.29) is 30.0 Å². The van der Waals surface area contributed by atoms with Gasteiger partial charge in [-0.2, -0.15) is 0 Å². The van der Waals surface area contributed by atoms with E-state index in [0.29, 0.717) is 18.9 Å². The quantitative estimate of drug-likeness (QED) is 0.841. The molecule has 1 amide bonds. The maximum absolute atomic E-state index is 12.9. The molecule has 3 nitrogen and oxygen atoms in total. The number of rotatable bonds is 6. The molecule has 1 heterocycles. The van der Waals surface area contributed by atoms with Gasteiger partial charge in [0.05, 0.1) is 0 Å². The standard InChI is InChI=1S/C17H25FN2O.ClH/c1-13(15-3-5-16(18)6-4-15)12-20-17(21)7-2-14-8-10-19-11-9-14;/h3-6,13-14,19H,2,7-12H2,1H3,(H,20,21);1H. The van der Waals surface area contributed by atoms with Gasteiger partial charge in [0.25, 0.3) is 0 Å². The van der Waals surface area contributed by atoms with Crippen LogP contribution in [0.4, 0.5) is 4.39 Å². The molecule has 2 rings (SSSR count). The van der Waals surface area contributed by atoms with Crippen LogP contribution < -0.4 is 10.6 Å². The topological polar surface area (TPSA) is 41.1 Å². The molecule has 1 atom stereocenters. The van der Waals surface area contributed by atoms with Crippen LogP contribution in [-0.4, -0.2) is 25.5 Å². The van der Waals surface area contributed by atoms with Crippen molar-refractivity contribution in [3.8, 4) is 0 Å². The smallest absolute Gasteiger partial charge is 0.220 e. The third kappa shape index (κ3) is 6.32. The first-order valence-electron chi connectivity index (χ1n) is 7.88. The molecule has 1 aromatic carbocycles. The highest BCUT2D eigenvalue weighted by Crippen LogP contribution is 2.18.